The molecule has 3 N–H and O–H groups in total. The van der Waals surface area contributed by atoms with Gasteiger partial charge in [-0.1, -0.05) is 49.3 Å². The van der Waals surface area contributed by atoms with Crippen molar-refractivity contribution in [1.82, 2.24) is 20.4 Å². The lowest BCUT2D eigenvalue weighted by Gasteiger charge is -2.30. The topological polar surface area (TPSA) is 164 Å². The van der Waals surface area contributed by atoms with E-state index in [1.165, 1.54) is 10.5 Å². The number of carbonyl (C=O) groups excluding carboxylic acids is 4. The first-order valence-electron chi connectivity index (χ1n) is 16.3. The Morgan fingerprint density at radius 3 is 2.65 bits per heavy atom. The van der Waals surface area contributed by atoms with Crippen LogP contribution in [0.1, 0.15) is 62.5 Å². The third-order valence-electron chi connectivity index (χ3n) is 9.73. The molecule has 46 heavy (non-hydrogen) atoms. The van der Waals surface area contributed by atoms with Gasteiger partial charge in [-0.25, -0.2) is 14.4 Å². The molecule has 0 spiro atoms. The molecule has 1 unspecified atom stereocenters. The molecule has 4 amide bonds. The van der Waals surface area contributed by atoms with Crippen LogP contribution in [0.4, 0.5) is 9.59 Å². The molecule has 0 aromatic heterocycles. The summed E-state index contributed by atoms with van der Waals surface area (Å²) in [6, 6.07) is 5.82. The number of nitrogens with one attached hydrogen (secondary N) is 2. The molecule has 1 aromatic rings. The summed E-state index contributed by atoms with van der Waals surface area (Å²) in [7, 11) is 0. The Hall–Kier alpha value is -4.13. The number of carbonyl (C=O) groups is 5. The number of nitrogens with zero attached hydrogens (tertiary/aromatic N) is 2. The van der Waals surface area contributed by atoms with Crippen LogP contribution >= 0.6 is 0 Å². The number of fused-ring (bicyclic) bond motifs is 3. The van der Waals surface area contributed by atoms with Crippen molar-refractivity contribution in [2.75, 3.05) is 26.3 Å². The van der Waals surface area contributed by atoms with E-state index < -0.39 is 59.8 Å². The van der Waals surface area contributed by atoms with Crippen LogP contribution in [0.2, 0.25) is 0 Å². The third-order valence-corrected chi connectivity index (χ3v) is 9.73. The predicted octanol–water partition coefficient (Wildman–Crippen LogP) is 2.51. The SMILES string of the molecule is O=C(N[C@H]1CCCCC/C=C\[C@@H]2C[C@@]2(C(=O)O)NC(=O)[C@@H]2C[C@@H](OC(=O)N3CCc4ccccc4C3)CN2C1=O)OC1CCOC1. The summed E-state index contributed by atoms with van der Waals surface area (Å²) in [5.41, 5.74) is 0.762. The molecule has 248 valence electrons. The van der Waals surface area contributed by atoms with Gasteiger partial charge in [0.15, 0.2) is 0 Å². The minimum Gasteiger partial charge on any atom is -0.479 e. The van der Waals surface area contributed by atoms with Gasteiger partial charge in [0.05, 0.1) is 19.8 Å². The molecule has 0 radical (unpaired) electrons. The first kappa shape index (κ1) is 31.8. The Balaban J connectivity index is 1.20. The van der Waals surface area contributed by atoms with Crippen LogP contribution in [0.5, 0.6) is 0 Å². The molecule has 2 saturated heterocycles. The molecular weight excluding hydrogens is 596 g/mol. The number of allylic oxidation sites excluding steroid dienone is 1. The summed E-state index contributed by atoms with van der Waals surface area (Å²) in [5.74, 6) is -2.63. The maximum absolute atomic E-state index is 14.1. The molecule has 13 nitrogen and oxygen atoms in total. The van der Waals surface area contributed by atoms with E-state index in [1.54, 1.807) is 4.90 Å². The fraction of sp³-hybridized carbons (Fsp3) is 0.606. The van der Waals surface area contributed by atoms with E-state index in [2.05, 4.69) is 10.6 Å². The van der Waals surface area contributed by atoms with Gasteiger partial charge in [-0.05, 0) is 43.2 Å². The summed E-state index contributed by atoms with van der Waals surface area (Å²) >= 11 is 0. The monoisotopic (exact) mass is 638 g/mol. The first-order valence-corrected chi connectivity index (χ1v) is 16.3. The maximum Gasteiger partial charge on any atom is 0.410 e. The number of carboxylic acids is 1. The molecule has 0 bridgehead atoms. The lowest BCUT2D eigenvalue weighted by Crippen LogP contribution is -2.56. The highest BCUT2D eigenvalue weighted by Gasteiger charge is 2.61. The highest BCUT2D eigenvalue weighted by atomic mass is 16.6. The molecule has 4 heterocycles. The Labute approximate surface area is 267 Å². The van der Waals surface area contributed by atoms with Crippen molar-refractivity contribution in [2.24, 2.45) is 5.92 Å². The molecule has 3 fully saturated rings. The molecule has 1 aliphatic carbocycles. The molecule has 4 aliphatic heterocycles. The van der Waals surface area contributed by atoms with Gasteiger partial charge in [0.1, 0.15) is 29.8 Å². The van der Waals surface area contributed by atoms with Crippen molar-refractivity contribution >= 4 is 30.0 Å². The van der Waals surface area contributed by atoms with E-state index in [1.807, 2.05) is 36.4 Å². The fourth-order valence-electron chi connectivity index (χ4n) is 6.95. The minimum absolute atomic E-state index is 0.000520. The van der Waals surface area contributed by atoms with E-state index in [0.29, 0.717) is 45.4 Å². The van der Waals surface area contributed by atoms with Gasteiger partial charge in [-0.2, -0.15) is 0 Å². The summed E-state index contributed by atoms with van der Waals surface area (Å²) in [4.78, 5) is 69.3. The van der Waals surface area contributed by atoms with Crippen molar-refractivity contribution in [1.29, 1.82) is 0 Å². The Morgan fingerprint density at radius 2 is 1.87 bits per heavy atom. The molecule has 5 aliphatic rings. The summed E-state index contributed by atoms with van der Waals surface area (Å²) < 4.78 is 16.6. The van der Waals surface area contributed by atoms with Gasteiger partial charge in [0, 0.05) is 31.8 Å². The normalized spacial score (nSPS) is 32.0. The van der Waals surface area contributed by atoms with Gasteiger partial charge < -0.3 is 39.8 Å². The van der Waals surface area contributed by atoms with Crippen molar-refractivity contribution in [3.63, 3.8) is 0 Å². The fourth-order valence-corrected chi connectivity index (χ4v) is 6.95. The predicted molar refractivity (Wildman–Crippen MR) is 162 cm³/mol. The Kier molecular flexibility index (Phi) is 9.48. The Bertz CT molecular complexity index is 1380. The van der Waals surface area contributed by atoms with Crippen molar-refractivity contribution in [3.8, 4) is 0 Å². The second-order valence-corrected chi connectivity index (χ2v) is 12.9. The summed E-state index contributed by atoms with van der Waals surface area (Å²) in [6.45, 7) is 1.58. The molecule has 6 rings (SSSR count). The highest BCUT2D eigenvalue weighted by molar-refractivity contribution is 5.96. The number of rotatable bonds is 4. The second-order valence-electron chi connectivity index (χ2n) is 12.9. The zero-order valence-electron chi connectivity index (χ0n) is 25.9. The van der Waals surface area contributed by atoms with E-state index in [0.717, 1.165) is 24.8 Å². The largest absolute Gasteiger partial charge is 0.479 e. The maximum atomic E-state index is 14.1. The van der Waals surface area contributed by atoms with E-state index >= 15 is 0 Å². The quantitative estimate of drug-likeness (QED) is 0.421. The van der Waals surface area contributed by atoms with Gasteiger partial charge in [0.2, 0.25) is 11.8 Å². The average Bonchev–Trinajstić information content (AvgIpc) is 3.32. The number of hydrogen-bond acceptors (Lipinski definition) is 8. The lowest BCUT2D eigenvalue weighted by molar-refractivity contribution is -0.145. The first-order chi connectivity index (χ1) is 22.2. The van der Waals surface area contributed by atoms with E-state index in [-0.39, 0.29) is 31.9 Å². The molecule has 6 atom stereocenters. The number of alkyl carbamates (subject to hydrolysis) is 1. The summed E-state index contributed by atoms with van der Waals surface area (Å²) in [5, 5.41) is 15.5. The van der Waals surface area contributed by atoms with Crippen LogP contribution in [0, 0.1) is 5.92 Å². The van der Waals surface area contributed by atoms with Crippen LogP contribution in [0.3, 0.4) is 0 Å². The number of ether oxygens (including phenoxy) is 3. The van der Waals surface area contributed by atoms with Gasteiger partial charge in [0.25, 0.3) is 0 Å². The van der Waals surface area contributed by atoms with E-state index in [9.17, 15) is 29.1 Å². The van der Waals surface area contributed by atoms with Crippen LogP contribution < -0.4 is 10.6 Å². The summed E-state index contributed by atoms with van der Waals surface area (Å²) in [6.07, 6.45) is 6.12. The zero-order chi connectivity index (χ0) is 32.3. The van der Waals surface area contributed by atoms with E-state index in [4.69, 9.17) is 14.2 Å². The smallest absolute Gasteiger partial charge is 0.410 e. The second kappa shape index (κ2) is 13.7. The van der Waals surface area contributed by atoms with Crippen molar-refractivity contribution in [3.05, 3.63) is 47.5 Å². The van der Waals surface area contributed by atoms with Crippen LogP contribution in [0.25, 0.3) is 0 Å². The molecule has 1 aromatic carbocycles. The molecular formula is C33H42N4O9. The van der Waals surface area contributed by atoms with Crippen LogP contribution in [-0.4, -0.2) is 101 Å². The van der Waals surface area contributed by atoms with Gasteiger partial charge in [-0.15, -0.1) is 0 Å². The Morgan fingerprint density at radius 1 is 1.04 bits per heavy atom. The highest BCUT2D eigenvalue weighted by Crippen LogP contribution is 2.45. The van der Waals surface area contributed by atoms with Gasteiger partial charge >= 0.3 is 18.2 Å². The number of carboxylic acid groups (broad SMARTS) is 1. The number of hydrogen-bond donors (Lipinski definition) is 3. The standard InChI is InChI=1S/C33H42N4O9/c38-28-27-16-25(46-32(43)36-14-12-21-8-6-7-9-22(21)18-36)19-37(27)29(39)26(34-31(42)45-24-13-15-44-20-24)11-5-3-1-2-4-10-23-17-33(23,35-28)30(40)41/h4,6-10,23-27H,1-3,5,11-20H2,(H,34,42)(H,35,38)(H,40,41)/b10-4-/t23-,24?,25-,26+,27+,33-/m1/s1. The number of benzene rings is 1. The van der Waals surface area contributed by atoms with Gasteiger partial charge in [-0.3, -0.25) is 9.59 Å². The van der Waals surface area contributed by atoms with Crippen molar-refractivity contribution < 1.29 is 43.3 Å². The van der Waals surface area contributed by atoms with Crippen molar-refractivity contribution in [2.45, 2.75) is 94.2 Å². The number of amides is 4. The average molecular weight is 639 g/mol. The van der Waals surface area contributed by atoms with Crippen LogP contribution in [-0.2, 0) is 41.6 Å². The van der Waals surface area contributed by atoms with Crippen LogP contribution in [0.15, 0.2) is 36.4 Å². The minimum atomic E-state index is -1.46. The zero-order valence-corrected chi connectivity index (χ0v) is 25.9. The molecule has 1 saturated carbocycles. The molecule has 13 heteroatoms. The lowest BCUT2D eigenvalue weighted by atomic mass is 10.0. The third kappa shape index (κ3) is 6.98. The number of aliphatic carboxylic acids is 1.